The Hall–Kier alpha value is -2.37. The van der Waals surface area contributed by atoms with Crippen molar-refractivity contribution >= 4 is 29.1 Å². The minimum atomic E-state index is -1.62. The van der Waals surface area contributed by atoms with Crippen molar-refractivity contribution in [2.45, 2.75) is 36.7 Å². The van der Waals surface area contributed by atoms with Crippen molar-refractivity contribution in [3.8, 4) is 0 Å². The first-order valence-corrected chi connectivity index (χ1v) is 9.52. The van der Waals surface area contributed by atoms with Crippen LogP contribution >= 0.6 is 11.6 Å². The minimum absolute atomic E-state index is 0.0999. The molecule has 5 nitrogen and oxygen atoms in total. The lowest BCUT2D eigenvalue weighted by molar-refractivity contribution is -0.135. The maximum absolute atomic E-state index is 13.0. The highest BCUT2D eigenvalue weighted by molar-refractivity contribution is 6.31. The van der Waals surface area contributed by atoms with Gasteiger partial charge in [0, 0.05) is 29.2 Å². The normalized spacial score (nSPS) is 22.5. The van der Waals surface area contributed by atoms with E-state index in [0.29, 0.717) is 16.3 Å². The second-order valence-corrected chi connectivity index (χ2v) is 7.69. The summed E-state index contributed by atoms with van der Waals surface area (Å²) >= 11 is 6.33. The third kappa shape index (κ3) is 2.82. The number of benzene rings is 2. The number of amides is 2. The zero-order chi connectivity index (χ0) is 19.1. The number of hydrogen-bond donors (Lipinski definition) is 3. The molecule has 140 valence electrons. The van der Waals surface area contributed by atoms with E-state index >= 15 is 0 Å². The first-order chi connectivity index (χ1) is 13.0. The van der Waals surface area contributed by atoms with Crippen LogP contribution in [0.25, 0.3) is 0 Å². The summed E-state index contributed by atoms with van der Waals surface area (Å²) in [6, 6.07) is 14.5. The number of fused-ring (bicyclic) bond motifs is 1. The second kappa shape index (κ2) is 6.66. The molecule has 2 aromatic rings. The molecule has 6 heteroatoms. The van der Waals surface area contributed by atoms with Crippen molar-refractivity contribution in [3.05, 3.63) is 64.7 Å². The average molecular weight is 385 g/mol. The molecule has 1 atom stereocenters. The summed E-state index contributed by atoms with van der Waals surface area (Å²) in [6.45, 7) is 0.198. The van der Waals surface area contributed by atoms with Crippen LogP contribution in [0.3, 0.4) is 0 Å². The summed E-state index contributed by atoms with van der Waals surface area (Å²) in [5.74, 6) is -0.556. The van der Waals surface area contributed by atoms with E-state index < -0.39 is 16.9 Å². The van der Waals surface area contributed by atoms with E-state index in [2.05, 4.69) is 10.6 Å². The number of anilines is 1. The lowest BCUT2D eigenvalue weighted by Crippen LogP contribution is -2.50. The second-order valence-electron chi connectivity index (χ2n) is 7.28. The Bertz CT molecular complexity index is 910. The summed E-state index contributed by atoms with van der Waals surface area (Å²) in [5, 5.41) is 17.1. The molecule has 4 rings (SSSR count). The van der Waals surface area contributed by atoms with Crippen molar-refractivity contribution < 1.29 is 14.7 Å². The third-order valence-electron chi connectivity index (χ3n) is 5.80. The summed E-state index contributed by atoms with van der Waals surface area (Å²) in [5.41, 5.74) is -0.229. The van der Waals surface area contributed by atoms with Crippen molar-refractivity contribution in [3.63, 3.8) is 0 Å². The van der Waals surface area contributed by atoms with Crippen LogP contribution in [0.4, 0.5) is 5.69 Å². The van der Waals surface area contributed by atoms with E-state index in [1.807, 2.05) is 18.2 Å². The van der Waals surface area contributed by atoms with E-state index in [0.717, 1.165) is 24.8 Å². The maximum Gasteiger partial charge on any atom is 0.261 e. The molecule has 1 saturated carbocycles. The zero-order valence-electron chi connectivity index (χ0n) is 14.8. The Balaban J connectivity index is 1.47. The number of hydrogen-bond acceptors (Lipinski definition) is 3. The molecule has 0 spiro atoms. The Morgan fingerprint density at radius 2 is 1.78 bits per heavy atom. The van der Waals surface area contributed by atoms with Gasteiger partial charge in [-0.25, -0.2) is 0 Å². The Labute approximate surface area is 162 Å². The summed E-state index contributed by atoms with van der Waals surface area (Å²) in [4.78, 5) is 25.2. The lowest BCUT2D eigenvalue weighted by atomic mass is 9.63. The van der Waals surface area contributed by atoms with Crippen LogP contribution in [0.2, 0.25) is 5.02 Å². The maximum atomic E-state index is 13.0. The average Bonchev–Trinajstić information content (AvgIpc) is 2.87. The largest absolute Gasteiger partial charge is 0.375 e. The molecule has 27 heavy (non-hydrogen) atoms. The van der Waals surface area contributed by atoms with Gasteiger partial charge in [0.05, 0.1) is 5.41 Å². The van der Waals surface area contributed by atoms with Crippen LogP contribution in [0.15, 0.2) is 48.5 Å². The van der Waals surface area contributed by atoms with Gasteiger partial charge in [-0.2, -0.15) is 0 Å². The van der Waals surface area contributed by atoms with Crippen molar-refractivity contribution in [2.24, 2.45) is 0 Å². The quantitative estimate of drug-likeness (QED) is 0.741. The Morgan fingerprint density at radius 3 is 2.44 bits per heavy atom. The number of para-hydroxylation sites is 1. The van der Waals surface area contributed by atoms with Crippen LogP contribution in [-0.2, 0) is 20.6 Å². The van der Waals surface area contributed by atoms with Gasteiger partial charge in [-0.15, -0.1) is 0 Å². The van der Waals surface area contributed by atoms with Crippen molar-refractivity contribution in [1.82, 2.24) is 5.32 Å². The molecule has 0 bridgehead atoms. The predicted molar refractivity (Wildman–Crippen MR) is 104 cm³/mol. The molecule has 1 heterocycles. The van der Waals surface area contributed by atoms with Gasteiger partial charge in [0.1, 0.15) is 0 Å². The summed E-state index contributed by atoms with van der Waals surface area (Å²) in [6.07, 6.45) is 2.57. The van der Waals surface area contributed by atoms with Crippen molar-refractivity contribution in [2.75, 3.05) is 11.9 Å². The van der Waals surface area contributed by atoms with Crippen LogP contribution in [0.5, 0.6) is 0 Å². The van der Waals surface area contributed by atoms with E-state index in [1.54, 1.807) is 30.3 Å². The highest BCUT2D eigenvalue weighted by atomic mass is 35.5. The SMILES string of the molecule is O=C1Nc2ccccc2C1(O)CCNC(=O)C1(c2ccccc2Cl)CCC1. The van der Waals surface area contributed by atoms with Crippen LogP contribution in [0, 0.1) is 0 Å². The number of carbonyl (C=O) groups excluding carboxylic acids is 2. The Morgan fingerprint density at radius 1 is 1.11 bits per heavy atom. The fourth-order valence-electron chi connectivity index (χ4n) is 4.07. The molecule has 0 aromatic heterocycles. The topological polar surface area (TPSA) is 78.4 Å². The van der Waals surface area contributed by atoms with Gasteiger partial charge in [-0.05, 0) is 30.5 Å². The molecule has 1 fully saturated rings. The highest BCUT2D eigenvalue weighted by Crippen LogP contribution is 2.46. The van der Waals surface area contributed by atoms with Gasteiger partial charge in [0.25, 0.3) is 5.91 Å². The number of aliphatic hydroxyl groups is 1. The number of halogens is 1. The fourth-order valence-corrected chi connectivity index (χ4v) is 4.39. The monoisotopic (exact) mass is 384 g/mol. The van der Waals surface area contributed by atoms with Gasteiger partial charge in [0.2, 0.25) is 5.91 Å². The number of rotatable bonds is 5. The van der Waals surface area contributed by atoms with E-state index in [-0.39, 0.29) is 18.9 Å². The van der Waals surface area contributed by atoms with E-state index in [9.17, 15) is 14.7 Å². The molecule has 1 aliphatic heterocycles. The van der Waals surface area contributed by atoms with Crippen molar-refractivity contribution in [1.29, 1.82) is 0 Å². The molecule has 2 aromatic carbocycles. The van der Waals surface area contributed by atoms with Gasteiger partial charge in [-0.3, -0.25) is 9.59 Å². The van der Waals surface area contributed by atoms with Crippen LogP contribution < -0.4 is 10.6 Å². The number of carbonyl (C=O) groups is 2. The van der Waals surface area contributed by atoms with Gasteiger partial charge in [-0.1, -0.05) is 54.4 Å². The van der Waals surface area contributed by atoms with Gasteiger partial charge < -0.3 is 15.7 Å². The molecular weight excluding hydrogens is 364 g/mol. The molecule has 1 unspecified atom stereocenters. The molecule has 3 N–H and O–H groups in total. The standard InChI is InChI=1S/C21H21ClN2O3/c22-16-8-3-1-6-14(16)20(10-5-11-20)18(25)23-13-12-21(27)15-7-2-4-9-17(15)24-19(21)26/h1-4,6-9,27H,5,10-13H2,(H,23,25)(H,24,26). The van der Waals surface area contributed by atoms with Crippen LogP contribution in [-0.4, -0.2) is 23.5 Å². The first-order valence-electron chi connectivity index (χ1n) is 9.14. The molecule has 0 saturated heterocycles. The minimum Gasteiger partial charge on any atom is -0.375 e. The third-order valence-corrected chi connectivity index (χ3v) is 6.13. The number of nitrogens with one attached hydrogen (secondary N) is 2. The molecule has 0 radical (unpaired) electrons. The molecule has 2 amide bonds. The molecule has 2 aliphatic rings. The lowest BCUT2D eigenvalue weighted by Gasteiger charge is -2.41. The van der Waals surface area contributed by atoms with Gasteiger partial charge >= 0.3 is 0 Å². The smallest absolute Gasteiger partial charge is 0.261 e. The Kier molecular flexibility index (Phi) is 4.44. The predicted octanol–water partition coefficient (Wildman–Crippen LogP) is 3.11. The van der Waals surface area contributed by atoms with E-state index in [1.165, 1.54) is 0 Å². The first kappa shape index (κ1) is 18.0. The highest BCUT2D eigenvalue weighted by Gasteiger charge is 2.48. The molecule has 1 aliphatic carbocycles. The molecular formula is C21H21ClN2O3. The summed E-state index contributed by atoms with van der Waals surface area (Å²) in [7, 11) is 0. The van der Waals surface area contributed by atoms with E-state index in [4.69, 9.17) is 11.6 Å². The van der Waals surface area contributed by atoms with Gasteiger partial charge in [0.15, 0.2) is 5.60 Å². The zero-order valence-corrected chi connectivity index (χ0v) is 15.6. The fraction of sp³-hybridized carbons (Fsp3) is 0.333. The summed E-state index contributed by atoms with van der Waals surface area (Å²) < 4.78 is 0. The van der Waals surface area contributed by atoms with Crippen LogP contribution in [0.1, 0.15) is 36.8 Å².